The van der Waals surface area contributed by atoms with Crippen molar-refractivity contribution in [3.05, 3.63) is 29.8 Å². The van der Waals surface area contributed by atoms with E-state index in [4.69, 9.17) is 0 Å². The average Bonchev–Trinajstić information content (AvgIpc) is 2.52. The normalized spacial score (nSPS) is 14.7. The zero-order chi connectivity index (χ0) is 11.2. The zero-order valence-electron chi connectivity index (χ0n) is 10.0. The molecule has 0 N–H and O–H groups in total. The Morgan fingerprint density at radius 2 is 2.12 bits per heavy atom. The Morgan fingerprint density at radius 1 is 1.25 bits per heavy atom. The molecule has 1 aromatic carbocycles. The summed E-state index contributed by atoms with van der Waals surface area (Å²) in [6, 6.07) is 8.56. The van der Waals surface area contributed by atoms with Gasteiger partial charge in [-0.1, -0.05) is 38.0 Å². The summed E-state index contributed by atoms with van der Waals surface area (Å²) in [5.74, 6) is 0. The van der Waals surface area contributed by atoms with Crippen LogP contribution in [0, 0.1) is 0 Å². The molecule has 0 saturated carbocycles. The van der Waals surface area contributed by atoms with Gasteiger partial charge >= 0.3 is 0 Å². The maximum absolute atomic E-state index is 4.42. The number of benzodiazepines with no additional fused rings is 1. The molecule has 86 valence electrons. The number of hydrogen-bond donors (Lipinski definition) is 0. The van der Waals surface area contributed by atoms with E-state index in [0.717, 1.165) is 19.6 Å². The second-order valence-corrected chi connectivity index (χ2v) is 4.29. The molecule has 1 aliphatic heterocycles. The number of anilines is 1. The third kappa shape index (κ3) is 2.63. The van der Waals surface area contributed by atoms with Crippen LogP contribution in [0.3, 0.4) is 0 Å². The van der Waals surface area contributed by atoms with Crippen LogP contribution >= 0.6 is 0 Å². The van der Waals surface area contributed by atoms with Crippen LogP contribution in [0.1, 0.15) is 31.7 Å². The average molecular weight is 216 g/mol. The largest absolute Gasteiger partial charge is 0.369 e. The van der Waals surface area contributed by atoms with Crippen LogP contribution in [0.15, 0.2) is 29.3 Å². The monoisotopic (exact) mass is 216 g/mol. The van der Waals surface area contributed by atoms with Gasteiger partial charge in [-0.3, -0.25) is 4.99 Å². The van der Waals surface area contributed by atoms with Gasteiger partial charge in [0.1, 0.15) is 0 Å². The minimum Gasteiger partial charge on any atom is -0.369 e. The fourth-order valence-electron chi connectivity index (χ4n) is 2.13. The number of aliphatic imine (C=N–C) groups is 1. The van der Waals surface area contributed by atoms with E-state index in [0.29, 0.717) is 0 Å². The molecule has 0 aromatic heterocycles. The highest BCUT2D eigenvalue weighted by molar-refractivity contribution is 5.88. The first kappa shape index (κ1) is 11.2. The van der Waals surface area contributed by atoms with Crippen LogP contribution < -0.4 is 4.90 Å². The molecule has 1 heterocycles. The second kappa shape index (κ2) is 5.69. The van der Waals surface area contributed by atoms with E-state index in [1.165, 1.54) is 30.5 Å². The third-order valence-electron chi connectivity index (χ3n) is 3.04. The lowest BCUT2D eigenvalue weighted by molar-refractivity contribution is 0.678. The lowest BCUT2D eigenvalue weighted by Crippen LogP contribution is -2.27. The van der Waals surface area contributed by atoms with E-state index in [-0.39, 0.29) is 0 Å². The minimum absolute atomic E-state index is 0.917. The first-order valence-corrected chi connectivity index (χ1v) is 6.25. The Hall–Kier alpha value is -1.31. The molecule has 0 saturated heterocycles. The smallest absolute Gasteiger partial charge is 0.0565 e. The summed E-state index contributed by atoms with van der Waals surface area (Å²) >= 11 is 0. The first-order valence-electron chi connectivity index (χ1n) is 6.25. The van der Waals surface area contributed by atoms with Gasteiger partial charge in [0.15, 0.2) is 0 Å². The molecule has 1 aliphatic rings. The molecular formula is C14H20N2. The quantitative estimate of drug-likeness (QED) is 0.706. The number of rotatable bonds is 4. The number of hydrogen-bond acceptors (Lipinski definition) is 2. The van der Waals surface area contributed by atoms with Crippen molar-refractivity contribution in [2.45, 2.75) is 26.2 Å². The molecule has 2 nitrogen and oxygen atoms in total. The van der Waals surface area contributed by atoms with E-state index in [2.05, 4.69) is 41.1 Å². The van der Waals surface area contributed by atoms with Gasteiger partial charge in [-0.2, -0.15) is 0 Å². The van der Waals surface area contributed by atoms with Gasteiger partial charge in [0.2, 0.25) is 0 Å². The van der Waals surface area contributed by atoms with Crippen molar-refractivity contribution in [3.8, 4) is 0 Å². The summed E-state index contributed by atoms with van der Waals surface area (Å²) in [6.07, 6.45) is 5.89. The van der Waals surface area contributed by atoms with Gasteiger partial charge in [-0.25, -0.2) is 0 Å². The molecule has 16 heavy (non-hydrogen) atoms. The Labute approximate surface area is 98.0 Å². The van der Waals surface area contributed by atoms with Gasteiger partial charge in [0, 0.05) is 30.6 Å². The lowest BCUT2D eigenvalue weighted by Gasteiger charge is -2.24. The summed E-state index contributed by atoms with van der Waals surface area (Å²) in [6.45, 7) is 5.38. The second-order valence-electron chi connectivity index (χ2n) is 4.29. The number of fused-ring (bicyclic) bond motifs is 1. The summed E-state index contributed by atoms with van der Waals surface area (Å²) < 4.78 is 0. The van der Waals surface area contributed by atoms with E-state index in [1.54, 1.807) is 0 Å². The molecule has 0 bridgehead atoms. The summed E-state index contributed by atoms with van der Waals surface area (Å²) in [7, 11) is 0. The molecule has 1 aromatic rings. The molecule has 0 radical (unpaired) electrons. The van der Waals surface area contributed by atoms with Crippen LogP contribution in [-0.2, 0) is 0 Å². The van der Waals surface area contributed by atoms with Crippen molar-refractivity contribution in [1.29, 1.82) is 0 Å². The number of nitrogens with zero attached hydrogens (tertiary/aromatic N) is 2. The Morgan fingerprint density at radius 3 is 3.00 bits per heavy atom. The zero-order valence-corrected chi connectivity index (χ0v) is 10.0. The molecule has 2 rings (SSSR count). The van der Waals surface area contributed by atoms with Crippen LogP contribution in [-0.4, -0.2) is 25.8 Å². The molecule has 0 amide bonds. The Balaban J connectivity index is 2.10. The SMILES string of the molecule is CCCCCN1CCN=Cc2ccccc21. The number of benzene rings is 1. The van der Waals surface area contributed by atoms with Crippen molar-refractivity contribution in [2.24, 2.45) is 4.99 Å². The highest BCUT2D eigenvalue weighted by atomic mass is 15.1. The van der Waals surface area contributed by atoms with Gasteiger partial charge in [-0.05, 0) is 12.5 Å². The van der Waals surface area contributed by atoms with Crippen LogP contribution in [0.2, 0.25) is 0 Å². The van der Waals surface area contributed by atoms with E-state index < -0.39 is 0 Å². The van der Waals surface area contributed by atoms with Crippen LogP contribution in [0.4, 0.5) is 5.69 Å². The fraction of sp³-hybridized carbons (Fsp3) is 0.500. The van der Waals surface area contributed by atoms with Crippen LogP contribution in [0.5, 0.6) is 0 Å². The Bertz CT molecular complexity index is 358. The first-order chi connectivity index (χ1) is 7.92. The standard InChI is InChI=1S/C14H20N2/c1-2-3-6-10-16-11-9-15-12-13-7-4-5-8-14(13)16/h4-5,7-8,12H,2-3,6,9-11H2,1H3. The highest BCUT2D eigenvalue weighted by Crippen LogP contribution is 2.21. The fourth-order valence-corrected chi connectivity index (χ4v) is 2.13. The van der Waals surface area contributed by atoms with Crippen molar-refractivity contribution >= 4 is 11.9 Å². The summed E-state index contributed by atoms with van der Waals surface area (Å²) in [5.41, 5.74) is 2.61. The van der Waals surface area contributed by atoms with Gasteiger partial charge in [0.25, 0.3) is 0 Å². The molecule has 2 heteroatoms. The predicted molar refractivity (Wildman–Crippen MR) is 70.6 cm³/mol. The number of para-hydroxylation sites is 1. The van der Waals surface area contributed by atoms with E-state index in [1.807, 2.05) is 6.21 Å². The topological polar surface area (TPSA) is 15.6 Å². The maximum Gasteiger partial charge on any atom is 0.0565 e. The third-order valence-corrected chi connectivity index (χ3v) is 3.04. The van der Waals surface area contributed by atoms with Crippen molar-refractivity contribution in [3.63, 3.8) is 0 Å². The molecule has 0 fully saturated rings. The maximum atomic E-state index is 4.42. The highest BCUT2D eigenvalue weighted by Gasteiger charge is 2.11. The predicted octanol–water partition coefficient (Wildman–Crippen LogP) is 3.12. The minimum atomic E-state index is 0.917. The van der Waals surface area contributed by atoms with Crippen molar-refractivity contribution in [2.75, 3.05) is 24.5 Å². The summed E-state index contributed by atoms with van der Waals surface area (Å²) in [5, 5.41) is 0. The van der Waals surface area contributed by atoms with E-state index in [9.17, 15) is 0 Å². The van der Waals surface area contributed by atoms with Gasteiger partial charge in [-0.15, -0.1) is 0 Å². The molecule has 0 spiro atoms. The molecular weight excluding hydrogens is 196 g/mol. The van der Waals surface area contributed by atoms with Gasteiger partial charge < -0.3 is 4.90 Å². The molecule has 0 atom stereocenters. The number of unbranched alkanes of at least 4 members (excludes halogenated alkanes) is 2. The van der Waals surface area contributed by atoms with Crippen LogP contribution in [0.25, 0.3) is 0 Å². The Kier molecular flexibility index (Phi) is 3.97. The molecule has 0 aliphatic carbocycles. The lowest BCUT2D eigenvalue weighted by atomic mass is 10.1. The van der Waals surface area contributed by atoms with Gasteiger partial charge in [0.05, 0.1) is 6.54 Å². The summed E-state index contributed by atoms with van der Waals surface area (Å²) in [4.78, 5) is 6.89. The molecule has 0 unspecified atom stereocenters. The van der Waals surface area contributed by atoms with Crippen molar-refractivity contribution < 1.29 is 0 Å². The van der Waals surface area contributed by atoms with Crippen molar-refractivity contribution in [1.82, 2.24) is 0 Å². The van der Waals surface area contributed by atoms with E-state index >= 15 is 0 Å².